The van der Waals surface area contributed by atoms with Crippen LogP contribution >= 0.6 is 11.3 Å². The summed E-state index contributed by atoms with van der Waals surface area (Å²) in [6, 6.07) is 6.35. The van der Waals surface area contributed by atoms with Crippen molar-refractivity contribution in [2.75, 3.05) is 12.8 Å². The Labute approximate surface area is 159 Å². The first-order valence-electron chi connectivity index (χ1n) is 7.92. The van der Waals surface area contributed by atoms with Crippen LogP contribution in [0.4, 0.5) is 13.2 Å². The topological polar surface area (TPSA) is 83.5 Å². The summed E-state index contributed by atoms with van der Waals surface area (Å²) in [5.41, 5.74) is -0.106. The summed E-state index contributed by atoms with van der Waals surface area (Å²) in [6.45, 7) is 2.83. The van der Waals surface area contributed by atoms with E-state index in [2.05, 4.69) is 20.6 Å². The van der Waals surface area contributed by atoms with Crippen molar-refractivity contribution in [2.24, 2.45) is 4.99 Å². The summed E-state index contributed by atoms with van der Waals surface area (Å²) in [4.78, 5) is 8.13. The molecule has 0 bridgehead atoms. The fourth-order valence-electron chi connectivity index (χ4n) is 2.04. The van der Waals surface area contributed by atoms with Gasteiger partial charge in [-0.3, -0.25) is 0 Å². The van der Waals surface area contributed by atoms with Gasteiger partial charge in [0.05, 0.1) is 18.0 Å². The molecule has 0 aliphatic heterocycles. The molecular weight excluding hydrogens is 401 g/mol. The number of sulfone groups is 1. The van der Waals surface area contributed by atoms with E-state index in [1.165, 1.54) is 12.1 Å². The van der Waals surface area contributed by atoms with Crippen LogP contribution in [0, 0.1) is 0 Å². The molecule has 2 aromatic rings. The summed E-state index contributed by atoms with van der Waals surface area (Å²) in [7, 11) is -3.25. The lowest BCUT2D eigenvalue weighted by Gasteiger charge is -2.10. The predicted molar refractivity (Wildman–Crippen MR) is 98.3 cm³/mol. The van der Waals surface area contributed by atoms with E-state index in [0.29, 0.717) is 17.5 Å². The summed E-state index contributed by atoms with van der Waals surface area (Å²) in [6.07, 6.45) is -3.32. The van der Waals surface area contributed by atoms with Crippen LogP contribution in [0.2, 0.25) is 0 Å². The van der Waals surface area contributed by atoms with Crippen LogP contribution in [0.5, 0.6) is 0 Å². The molecule has 0 fully saturated rings. The van der Waals surface area contributed by atoms with Gasteiger partial charge in [0.1, 0.15) is 5.01 Å². The molecule has 0 amide bonds. The molecule has 0 spiro atoms. The Bertz CT molecular complexity index is 891. The second-order valence-corrected chi connectivity index (χ2v) is 8.55. The third kappa shape index (κ3) is 6.51. The molecule has 6 nitrogen and oxygen atoms in total. The minimum Gasteiger partial charge on any atom is -0.357 e. The number of hydrogen-bond donors (Lipinski definition) is 2. The first-order chi connectivity index (χ1) is 12.6. The van der Waals surface area contributed by atoms with Gasteiger partial charge in [-0.25, -0.2) is 18.4 Å². The molecule has 0 atom stereocenters. The molecule has 2 rings (SSSR count). The number of aliphatic imine (C=N–C) groups is 1. The summed E-state index contributed by atoms with van der Waals surface area (Å²) in [5.74, 6) is 0.424. The van der Waals surface area contributed by atoms with Crippen LogP contribution in [-0.4, -0.2) is 32.2 Å². The predicted octanol–water partition coefficient (Wildman–Crippen LogP) is 2.82. The molecule has 1 aromatic heterocycles. The quantitative estimate of drug-likeness (QED) is 0.555. The van der Waals surface area contributed by atoms with Gasteiger partial charge in [-0.05, 0) is 24.6 Å². The van der Waals surface area contributed by atoms with E-state index in [-0.39, 0.29) is 18.0 Å². The van der Waals surface area contributed by atoms with Gasteiger partial charge in [0.2, 0.25) is 0 Å². The zero-order valence-electron chi connectivity index (χ0n) is 14.7. The van der Waals surface area contributed by atoms with Crippen molar-refractivity contribution >= 4 is 27.1 Å². The van der Waals surface area contributed by atoms with Gasteiger partial charge in [-0.15, -0.1) is 11.3 Å². The van der Waals surface area contributed by atoms with E-state index >= 15 is 0 Å². The number of thiazole rings is 1. The summed E-state index contributed by atoms with van der Waals surface area (Å²) in [5, 5.41) is 7.20. The second-order valence-electron chi connectivity index (χ2n) is 5.59. The summed E-state index contributed by atoms with van der Waals surface area (Å²) < 4.78 is 60.7. The van der Waals surface area contributed by atoms with Crippen LogP contribution in [0.3, 0.4) is 0 Å². The van der Waals surface area contributed by atoms with Crippen molar-refractivity contribution in [3.8, 4) is 0 Å². The lowest BCUT2D eigenvalue weighted by atomic mass is 10.2. The van der Waals surface area contributed by atoms with Crippen LogP contribution in [-0.2, 0) is 29.1 Å². The standard InChI is InChI=1S/C16H19F3N4O2S2/c1-3-20-15(22-9-14-23-13(10-26-14)16(17,18)19)21-8-11-4-6-12(7-5-11)27(2,24)25/h4-7,10H,3,8-9H2,1-2H3,(H2,20,21,22). The number of guanidine groups is 1. The number of benzene rings is 1. The Morgan fingerprint density at radius 2 is 1.89 bits per heavy atom. The van der Waals surface area contributed by atoms with Gasteiger partial charge in [-0.1, -0.05) is 12.1 Å². The largest absolute Gasteiger partial charge is 0.434 e. The van der Waals surface area contributed by atoms with E-state index in [1.54, 1.807) is 12.1 Å². The normalized spacial score (nSPS) is 12.9. The maximum atomic E-state index is 12.6. The summed E-state index contributed by atoms with van der Waals surface area (Å²) >= 11 is 0.922. The van der Waals surface area contributed by atoms with Gasteiger partial charge in [-0.2, -0.15) is 13.2 Å². The molecule has 0 unspecified atom stereocenters. The van der Waals surface area contributed by atoms with Gasteiger partial charge >= 0.3 is 6.18 Å². The average Bonchev–Trinajstić information content (AvgIpc) is 3.06. The van der Waals surface area contributed by atoms with Crippen molar-refractivity contribution in [3.63, 3.8) is 0 Å². The van der Waals surface area contributed by atoms with Crippen molar-refractivity contribution in [1.29, 1.82) is 0 Å². The Morgan fingerprint density at radius 3 is 2.41 bits per heavy atom. The first kappa shape index (κ1) is 21.2. The second kappa shape index (κ2) is 8.70. The number of halogens is 3. The number of nitrogens with one attached hydrogen (secondary N) is 2. The number of hydrogen-bond acceptors (Lipinski definition) is 5. The molecule has 0 saturated heterocycles. The Hall–Kier alpha value is -2.14. The minimum atomic E-state index is -4.45. The van der Waals surface area contributed by atoms with Crippen molar-refractivity contribution in [2.45, 2.75) is 31.1 Å². The fourth-order valence-corrected chi connectivity index (χ4v) is 3.41. The van der Waals surface area contributed by atoms with Crippen molar-refractivity contribution in [1.82, 2.24) is 15.6 Å². The third-order valence-corrected chi connectivity index (χ3v) is 5.34. The highest BCUT2D eigenvalue weighted by molar-refractivity contribution is 7.90. The smallest absolute Gasteiger partial charge is 0.357 e. The average molecular weight is 420 g/mol. The third-order valence-electron chi connectivity index (χ3n) is 3.36. The van der Waals surface area contributed by atoms with Gasteiger partial charge in [0.15, 0.2) is 21.5 Å². The molecule has 0 saturated carbocycles. The SMILES string of the molecule is CCNC(=NCc1ccc(S(C)(=O)=O)cc1)NCc1nc(C(F)(F)F)cs1. The minimum absolute atomic E-state index is 0.111. The lowest BCUT2D eigenvalue weighted by molar-refractivity contribution is -0.140. The zero-order chi connectivity index (χ0) is 20.1. The van der Waals surface area contributed by atoms with Crippen LogP contribution < -0.4 is 10.6 Å². The van der Waals surface area contributed by atoms with Gasteiger partial charge in [0, 0.05) is 18.2 Å². The molecule has 148 valence electrons. The van der Waals surface area contributed by atoms with E-state index in [0.717, 1.165) is 28.5 Å². The monoisotopic (exact) mass is 420 g/mol. The number of aromatic nitrogens is 1. The molecule has 11 heteroatoms. The van der Waals surface area contributed by atoms with Crippen LogP contribution in [0.15, 0.2) is 39.5 Å². The van der Waals surface area contributed by atoms with Gasteiger partial charge in [0.25, 0.3) is 0 Å². The van der Waals surface area contributed by atoms with E-state index < -0.39 is 21.7 Å². The molecule has 27 heavy (non-hydrogen) atoms. The molecule has 0 aliphatic rings. The maximum absolute atomic E-state index is 12.6. The van der Waals surface area contributed by atoms with Crippen LogP contribution in [0.1, 0.15) is 23.2 Å². The molecule has 0 aliphatic carbocycles. The van der Waals surface area contributed by atoms with Crippen molar-refractivity contribution in [3.05, 3.63) is 45.9 Å². The number of alkyl halides is 3. The fraction of sp³-hybridized carbons (Fsp3) is 0.375. The highest BCUT2D eigenvalue weighted by Gasteiger charge is 2.33. The van der Waals surface area contributed by atoms with E-state index in [9.17, 15) is 21.6 Å². The molecule has 1 heterocycles. The van der Waals surface area contributed by atoms with Crippen molar-refractivity contribution < 1.29 is 21.6 Å². The molecule has 2 N–H and O–H groups in total. The zero-order valence-corrected chi connectivity index (χ0v) is 16.3. The van der Waals surface area contributed by atoms with Crippen LogP contribution in [0.25, 0.3) is 0 Å². The Balaban J connectivity index is 2.00. The highest BCUT2D eigenvalue weighted by atomic mass is 32.2. The highest BCUT2D eigenvalue weighted by Crippen LogP contribution is 2.29. The first-order valence-corrected chi connectivity index (χ1v) is 10.7. The maximum Gasteiger partial charge on any atom is 0.434 e. The lowest BCUT2D eigenvalue weighted by Crippen LogP contribution is -2.36. The Morgan fingerprint density at radius 1 is 1.22 bits per heavy atom. The number of nitrogens with zero attached hydrogens (tertiary/aromatic N) is 2. The Kier molecular flexibility index (Phi) is 6.82. The van der Waals surface area contributed by atoms with E-state index in [4.69, 9.17) is 0 Å². The van der Waals surface area contributed by atoms with Gasteiger partial charge < -0.3 is 10.6 Å². The number of rotatable bonds is 6. The molecule has 1 aromatic carbocycles. The van der Waals surface area contributed by atoms with E-state index in [1.807, 2.05) is 6.92 Å². The molecule has 0 radical (unpaired) electrons. The molecular formula is C16H19F3N4O2S2.